The van der Waals surface area contributed by atoms with Crippen LogP contribution in [-0.2, 0) is 4.74 Å². The molecule has 1 aliphatic rings. The molecular weight excluding hydrogens is 404 g/mol. The molecule has 0 saturated carbocycles. The fourth-order valence-corrected chi connectivity index (χ4v) is 4.26. The summed E-state index contributed by atoms with van der Waals surface area (Å²) in [5, 5.41) is 0. The average molecular weight is 428 g/mol. The summed E-state index contributed by atoms with van der Waals surface area (Å²) in [7, 11) is 0. The van der Waals surface area contributed by atoms with Crippen molar-refractivity contribution in [3.05, 3.63) is 83.4 Å². The number of hydrogen-bond donors (Lipinski definition) is 0. The standard InChI is InChI=1S/C26H24F4O/c1-2-4-19-12-11-18(15-31-19)22-14-13-21(25(29)26(22)30)17-9-7-16(8-10-17)20-5-3-6-23(27)24(20)28/h3,5-10,13-14,18-19H,2,4,11-12,15H2,1H3. The summed E-state index contributed by atoms with van der Waals surface area (Å²) >= 11 is 0. The number of rotatable bonds is 5. The van der Waals surface area contributed by atoms with E-state index < -0.39 is 23.3 Å². The summed E-state index contributed by atoms with van der Waals surface area (Å²) in [5.74, 6) is -3.78. The van der Waals surface area contributed by atoms with E-state index in [1.54, 1.807) is 36.4 Å². The molecule has 1 saturated heterocycles. The smallest absolute Gasteiger partial charge is 0.166 e. The van der Waals surface area contributed by atoms with Gasteiger partial charge in [0.25, 0.3) is 0 Å². The van der Waals surface area contributed by atoms with E-state index in [4.69, 9.17) is 4.74 Å². The van der Waals surface area contributed by atoms with E-state index >= 15 is 0 Å². The largest absolute Gasteiger partial charge is 0.378 e. The molecule has 1 nitrogen and oxygen atoms in total. The van der Waals surface area contributed by atoms with Gasteiger partial charge in [0.2, 0.25) is 0 Å². The molecule has 162 valence electrons. The molecule has 0 amide bonds. The van der Waals surface area contributed by atoms with Gasteiger partial charge in [-0.2, -0.15) is 0 Å². The Morgan fingerprint density at radius 1 is 0.774 bits per heavy atom. The van der Waals surface area contributed by atoms with Crippen LogP contribution in [0.2, 0.25) is 0 Å². The second-order valence-corrected chi connectivity index (χ2v) is 8.03. The van der Waals surface area contributed by atoms with Crippen LogP contribution in [0.25, 0.3) is 22.3 Å². The lowest BCUT2D eigenvalue weighted by Crippen LogP contribution is -2.25. The monoisotopic (exact) mass is 428 g/mol. The minimum Gasteiger partial charge on any atom is -0.378 e. The van der Waals surface area contributed by atoms with Crippen LogP contribution in [0.4, 0.5) is 17.6 Å². The summed E-state index contributed by atoms with van der Waals surface area (Å²) in [5.41, 5.74) is 1.51. The predicted octanol–water partition coefficient (Wildman–Crippen LogP) is 7.64. The highest BCUT2D eigenvalue weighted by atomic mass is 19.2. The second kappa shape index (κ2) is 9.23. The zero-order valence-corrected chi connectivity index (χ0v) is 17.3. The zero-order valence-electron chi connectivity index (χ0n) is 17.3. The Kier molecular flexibility index (Phi) is 6.42. The number of ether oxygens (including phenoxy) is 1. The lowest BCUT2D eigenvalue weighted by molar-refractivity contribution is -0.00181. The lowest BCUT2D eigenvalue weighted by Gasteiger charge is -2.29. The van der Waals surface area contributed by atoms with Crippen molar-refractivity contribution in [3.63, 3.8) is 0 Å². The van der Waals surface area contributed by atoms with Gasteiger partial charge in [-0.1, -0.05) is 61.9 Å². The molecule has 31 heavy (non-hydrogen) atoms. The third-order valence-corrected chi connectivity index (χ3v) is 5.99. The molecule has 3 aromatic rings. The summed E-state index contributed by atoms with van der Waals surface area (Å²) in [6.45, 7) is 2.50. The van der Waals surface area contributed by atoms with Gasteiger partial charge in [0, 0.05) is 17.0 Å². The molecule has 2 atom stereocenters. The maximum absolute atomic E-state index is 14.9. The van der Waals surface area contributed by atoms with Crippen LogP contribution in [0, 0.1) is 23.3 Å². The molecule has 1 heterocycles. The quantitative estimate of drug-likeness (QED) is 0.380. The molecule has 4 rings (SSSR count). The normalized spacial score (nSPS) is 18.9. The highest BCUT2D eigenvalue weighted by Crippen LogP contribution is 2.35. The molecule has 1 fully saturated rings. The summed E-state index contributed by atoms with van der Waals surface area (Å²) < 4.78 is 63.1. The van der Waals surface area contributed by atoms with E-state index in [1.165, 1.54) is 12.1 Å². The molecular formula is C26H24F4O. The second-order valence-electron chi connectivity index (χ2n) is 8.03. The van der Waals surface area contributed by atoms with Gasteiger partial charge in [-0.25, -0.2) is 17.6 Å². The van der Waals surface area contributed by atoms with Gasteiger partial charge in [-0.15, -0.1) is 0 Å². The first-order chi connectivity index (χ1) is 15.0. The summed E-state index contributed by atoms with van der Waals surface area (Å²) in [6, 6.07) is 13.4. The average Bonchev–Trinajstić information content (AvgIpc) is 2.79. The minimum atomic E-state index is -0.937. The Bertz CT molecular complexity index is 1050. The Hall–Kier alpha value is -2.66. The Labute approximate surface area is 179 Å². The SMILES string of the molecule is CCCC1CCC(c2ccc(-c3ccc(-c4cccc(F)c4F)cc3)c(F)c2F)CO1. The molecule has 0 aromatic heterocycles. The van der Waals surface area contributed by atoms with E-state index in [2.05, 4.69) is 6.92 Å². The molecule has 0 aliphatic carbocycles. The lowest BCUT2D eigenvalue weighted by atomic mass is 9.88. The van der Waals surface area contributed by atoms with Gasteiger partial charge in [-0.05, 0) is 42.0 Å². The van der Waals surface area contributed by atoms with Crippen molar-refractivity contribution >= 4 is 0 Å². The number of hydrogen-bond acceptors (Lipinski definition) is 1. The van der Waals surface area contributed by atoms with Crippen LogP contribution in [0.15, 0.2) is 54.6 Å². The Balaban J connectivity index is 1.57. The van der Waals surface area contributed by atoms with Crippen molar-refractivity contribution < 1.29 is 22.3 Å². The first-order valence-corrected chi connectivity index (χ1v) is 10.6. The molecule has 1 aliphatic heterocycles. The molecule has 3 aromatic carbocycles. The van der Waals surface area contributed by atoms with Crippen molar-refractivity contribution in [2.24, 2.45) is 0 Å². The van der Waals surface area contributed by atoms with Crippen LogP contribution >= 0.6 is 0 Å². The van der Waals surface area contributed by atoms with Gasteiger partial charge < -0.3 is 4.74 Å². The van der Waals surface area contributed by atoms with Crippen molar-refractivity contribution in [2.75, 3.05) is 6.61 Å². The van der Waals surface area contributed by atoms with Crippen molar-refractivity contribution in [3.8, 4) is 22.3 Å². The van der Waals surface area contributed by atoms with E-state index in [0.29, 0.717) is 23.3 Å². The van der Waals surface area contributed by atoms with E-state index in [0.717, 1.165) is 31.7 Å². The van der Waals surface area contributed by atoms with Crippen LogP contribution in [0.1, 0.15) is 44.1 Å². The van der Waals surface area contributed by atoms with Gasteiger partial charge in [0.05, 0.1) is 12.7 Å². The highest BCUT2D eigenvalue weighted by molar-refractivity contribution is 5.71. The third-order valence-electron chi connectivity index (χ3n) is 5.99. The fraction of sp³-hybridized carbons (Fsp3) is 0.308. The molecule has 0 N–H and O–H groups in total. The topological polar surface area (TPSA) is 9.23 Å². The van der Waals surface area contributed by atoms with Crippen LogP contribution in [-0.4, -0.2) is 12.7 Å². The van der Waals surface area contributed by atoms with Crippen LogP contribution in [0.5, 0.6) is 0 Å². The molecule has 5 heteroatoms. The van der Waals surface area contributed by atoms with Crippen LogP contribution in [0.3, 0.4) is 0 Å². The number of halogens is 4. The number of benzene rings is 3. The zero-order chi connectivity index (χ0) is 22.0. The minimum absolute atomic E-state index is 0.118. The van der Waals surface area contributed by atoms with E-state index in [9.17, 15) is 17.6 Å². The summed E-state index contributed by atoms with van der Waals surface area (Å²) in [4.78, 5) is 0. The highest BCUT2D eigenvalue weighted by Gasteiger charge is 2.26. The molecule has 2 unspecified atom stereocenters. The van der Waals surface area contributed by atoms with Crippen molar-refractivity contribution in [2.45, 2.75) is 44.6 Å². The van der Waals surface area contributed by atoms with Crippen molar-refractivity contribution in [1.82, 2.24) is 0 Å². The molecule has 0 spiro atoms. The van der Waals surface area contributed by atoms with Crippen molar-refractivity contribution in [1.29, 1.82) is 0 Å². The Morgan fingerprint density at radius 2 is 1.45 bits per heavy atom. The van der Waals surface area contributed by atoms with E-state index in [-0.39, 0.29) is 23.1 Å². The maximum atomic E-state index is 14.9. The summed E-state index contributed by atoms with van der Waals surface area (Å²) in [6.07, 6.45) is 3.85. The first kappa shape index (κ1) is 21.6. The van der Waals surface area contributed by atoms with E-state index in [1.807, 2.05) is 0 Å². The maximum Gasteiger partial charge on any atom is 0.166 e. The van der Waals surface area contributed by atoms with Gasteiger partial charge in [0.15, 0.2) is 23.3 Å². The first-order valence-electron chi connectivity index (χ1n) is 10.6. The van der Waals surface area contributed by atoms with Gasteiger partial charge in [0.1, 0.15) is 0 Å². The predicted molar refractivity (Wildman–Crippen MR) is 114 cm³/mol. The fourth-order valence-electron chi connectivity index (χ4n) is 4.26. The molecule has 0 bridgehead atoms. The molecule has 0 radical (unpaired) electrons. The van der Waals surface area contributed by atoms with Gasteiger partial charge >= 0.3 is 0 Å². The Morgan fingerprint density at radius 3 is 2.06 bits per heavy atom. The third kappa shape index (κ3) is 4.38. The van der Waals surface area contributed by atoms with Crippen LogP contribution < -0.4 is 0 Å². The van der Waals surface area contributed by atoms with Gasteiger partial charge in [-0.3, -0.25) is 0 Å².